The van der Waals surface area contributed by atoms with Crippen LogP contribution in [-0.4, -0.2) is 41.5 Å². The predicted molar refractivity (Wildman–Crippen MR) is 107 cm³/mol. The minimum Gasteiger partial charge on any atom is -0.333 e. The first-order valence-corrected chi connectivity index (χ1v) is 9.23. The highest BCUT2D eigenvalue weighted by Crippen LogP contribution is 2.24. The lowest BCUT2D eigenvalue weighted by Crippen LogP contribution is -2.33. The first kappa shape index (κ1) is 20.2. The van der Waals surface area contributed by atoms with Crippen LogP contribution in [-0.2, 0) is 9.59 Å². The second kappa shape index (κ2) is 9.54. The molecule has 2 aromatic rings. The molecule has 0 saturated heterocycles. The lowest BCUT2D eigenvalue weighted by atomic mass is 10.2. The Morgan fingerprint density at radius 1 is 1.19 bits per heavy atom. The normalized spacial score (nSPS) is 10.6. The highest BCUT2D eigenvalue weighted by molar-refractivity contribution is 7.98. The van der Waals surface area contributed by atoms with Gasteiger partial charge in [0, 0.05) is 30.2 Å². The largest absolute Gasteiger partial charge is 0.333 e. The van der Waals surface area contributed by atoms with E-state index in [2.05, 4.69) is 5.32 Å². The number of hydrogen-bond donors (Lipinski definition) is 1. The number of para-hydroxylation sites is 1. The lowest BCUT2D eigenvalue weighted by molar-refractivity contribution is -0.384. The summed E-state index contributed by atoms with van der Waals surface area (Å²) in [7, 11) is 1.53. The Balaban J connectivity index is 1.92. The van der Waals surface area contributed by atoms with Gasteiger partial charge in [-0.2, -0.15) is 0 Å². The predicted octanol–water partition coefficient (Wildman–Crippen LogP) is 3.43. The van der Waals surface area contributed by atoms with Crippen LogP contribution in [0.3, 0.4) is 0 Å². The molecule has 0 unspecified atom stereocenters. The van der Waals surface area contributed by atoms with Gasteiger partial charge in [0.05, 0.1) is 17.2 Å². The lowest BCUT2D eigenvalue weighted by Gasteiger charge is -2.15. The van der Waals surface area contributed by atoms with Crippen LogP contribution in [0, 0.1) is 10.1 Å². The van der Waals surface area contributed by atoms with E-state index in [9.17, 15) is 19.7 Å². The molecule has 27 heavy (non-hydrogen) atoms. The Morgan fingerprint density at radius 3 is 2.48 bits per heavy atom. The number of benzene rings is 2. The topological polar surface area (TPSA) is 92.6 Å². The van der Waals surface area contributed by atoms with Gasteiger partial charge in [0.25, 0.3) is 5.69 Å². The Bertz CT molecular complexity index is 866. The van der Waals surface area contributed by atoms with Crippen LogP contribution in [0.15, 0.2) is 59.5 Å². The van der Waals surface area contributed by atoms with Gasteiger partial charge < -0.3 is 10.2 Å². The fraction of sp³-hybridized carbons (Fsp3) is 0.158. The number of nitro benzene ring substituents is 1. The van der Waals surface area contributed by atoms with Crippen LogP contribution >= 0.6 is 11.8 Å². The number of nitrogens with one attached hydrogen (secondary N) is 1. The van der Waals surface area contributed by atoms with Gasteiger partial charge in [-0.25, -0.2) is 0 Å². The van der Waals surface area contributed by atoms with Crippen molar-refractivity contribution in [3.05, 3.63) is 70.3 Å². The fourth-order valence-corrected chi connectivity index (χ4v) is 2.79. The first-order chi connectivity index (χ1) is 12.9. The molecule has 1 N–H and O–H groups in total. The molecule has 0 aliphatic rings. The second-order valence-electron chi connectivity index (χ2n) is 5.62. The van der Waals surface area contributed by atoms with Gasteiger partial charge in [-0.15, -0.1) is 11.8 Å². The zero-order valence-corrected chi connectivity index (χ0v) is 15.7. The molecule has 0 aromatic heterocycles. The van der Waals surface area contributed by atoms with Crippen molar-refractivity contribution in [2.75, 3.05) is 25.2 Å². The number of thioether (sulfide) groups is 1. The number of rotatable bonds is 7. The van der Waals surface area contributed by atoms with Crippen LogP contribution in [0.5, 0.6) is 0 Å². The Labute approximate surface area is 161 Å². The summed E-state index contributed by atoms with van der Waals surface area (Å²) in [4.78, 5) is 36.7. The number of amides is 2. The van der Waals surface area contributed by atoms with E-state index in [4.69, 9.17) is 0 Å². The summed E-state index contributed by atoms with van der Waals surface area (Å²) in [5.41, 5.74) is 1.34. The van der Waals surface area contributed by atoms with Crippen molar-refractivity contribution >= 4 is 41.0 Å². The Morgan fingerprint density at radius 2 is 1.85 bits per heavy atom. The molecule has 2 amide bonds. The van der Waals surface area contributed by atoms with Gasteiger partial charge in [0.15, 0.2) is 0 Å². The average molecular weight is 385 g/mol. The number of carbonyl (C=O) groups is 2. The summed E-state index contributed by atoms with van der Waals surface area (Å²) in [6.07, 6.45) is 4.79. The van der Waals surface area contributed by atoms with Crippen molar-refractivity contribution in [1.82, 2.24) is 4.90 Å². The monoisotopic (exact) mass is 385 g/mol. The van der Waals surface area contributed by atoms with Gasteiger partial charge in [-0.1, -0.05) is 12.1 Å². The van der Waals surface area contributed by atoms with Crippen LogP contribution in [0.1, 0.15) is 5.56 Å². The molecule has 2 aromatic carbocycles. The molecule has 0 atom stereocenters. The van der Waals surface area contributed by atoms with Crippen LogP contribution < -0.4 is 5.32 Å². The van der Waals surface area contributed by atoms with Crippen LogP contribution in [0.4, 0.5) is 11.4 Å². The van der Waals surface area contributed by atoms with E-state index in [-0.39, 0.29) is 24.0 Å². The average Bonchev–Trinajstić information content (AvgIpc) is 2.66. The summed E-state index contributed by atoms with van der Waals surface area (Å²) in [6, 6.07) is 13.3. The van der Waals surface area contributed by atoms with Gasteiger partial charge in [0.1, 0.15) is 0 Å². The molecule has 140 valence electrons. The van der Waals surface area contributed by atoms with Crippen molar-refractivity contribution in [2.45, 2.75) is 4.90 Å². The number of hydrogen-bond acceptors (Lipinski definition) is 5. The fourth-order valence-electron chi connectivity index (χ4n) is 2.23. The van der Waals surface area contributed by atoms with E-state index in [1.54, 1.807) is 24.3 Å². The number of non-ortho nitro benzene ring substituents is 1. The minimum absolute atomic E-state index is 0.0159. The summed E-state index contributed by atoms with van der Waals surface area (Å²) in [5.74, 6) is -0.641. The summed E-state index contributed by atoms with van der Waals surface area (Å²) in [5, 5.41) is 13.4. The van der Waals surface area contributed by atoms with E-state index < -0.39 is 4.92 Å². The minimum atomic E-state index is -0.486. The smallest absolute Gasteiger partial charge is 0.269 e. The molecule has 0 heterocycles. The standard InChI is InChI=1S/C19H19N3O4S/c1-21(13-18(23)20-16-5-3-4-6-17(16)27-2)19(24)12-9-14-7-10-15(11-8-14)22(25)26/h3-12H,13H2,1-2H3,(H,20,23)/b12-9+. The van der Waals surface area contributed by atoms with Crippen molar-refractivity contribution in [1.29, 1.82) is 0 Å². The molecule has 0 spiro atoms. The number of nitro groups is 1. The van der Waals surface area contributed by atoms with Crippen LogP contribution in [0.2, 0.25) is 0 Å². The van der Waals surface area contributed by atoms with E-state index in [0.717, 1.165) is 4.90 Å². The maximum atomic E-state index is 12.2. The third-order valence-electron chi connectivity index (χ3n) is 3.66. The molecule has 7 nitrogen and oxygen atoms in total. The van der Waals surface area contributed by atoms with E-state index in [1.807, 2.05) is 24.5 Å². The highest BCUT2D eigenvalue weighted by atomic mass is 32.2. The molecule has 0 aliphatic carbocycles. The van der Waals surface area contributed by atoms with Crippen molar-refractivity contribution in [3.8, 4) is 0 Å². The van der Waals surface area contributed by atoms with Gasteiger partial charge in [0.2, 0.25) is 11.8 Å². The maximum absolute atomic E-state index is 12.2. The molecule has 2 rings (SSSR count). The van der Waals surface area contributed by atoms with Gasteiger partial charge in [-0.05, 0) is 42.2 Å². The zero-order valence-electron chi connectivity index (χ0n) is 14.9. The van der Waals surface area contributed by atoms with E-state index in [1.165, 1.54) is 41.9 Å². The van der Waals surface area contributed by atoms with Crippen molar-refractivity contribution in [2.24, 2.45) is 0 Å². The maximum Gasteiger partial charge on any atom is 0.269 e. The van der Waals surface area contributed by atoms with Crippen molar-refractivity contribution < 1.29 is 14.5 Å². The first-order valence-electron chi connectivity index (χ1n) is 8.01. The molecular formula is C19H19N3O4S. The number of carbonyl (C=O) groups excluding carboxylic acids is 2. The van der Waals surface area contributed by atoms with Crippen LogP contribution in [0.25, 0.3) is 6.08 Å². The third-order valence-corrected chi connectivity index (χ3v) is 4.46. The van der Waals surface area contributed by atoms with Crippen molar-refractivity contribution in [3.63, 3.8) is 0 Å². The highest BCUT2D eigenvalue weighted by Gasteiger charge is 2.12. The van der Waals surface area contributed by atoms with Gasteiger partial charge in [-0.3, -0.25) is 19.7 Å². The molecule has 0 radical (unpaired) electrons. The Kier molecular flexibility index (Phi) is 7.13. The third kappa shape index (κ3) is 5.96. The molecule has 0 bridgehead atoms. The number of nitrogens with zero attached hydrogens (tertiary/aromatic N) is 2. The summed E-state index contributed by atoms with van der Waals surface area (Å²) < 4.78 is 0. The molecule has 8 heteroatoms. The Hall–Kier alpha value is -3.13. The quantitative estimate of drug-likeness (QED) is 0.341. The summed E-state index contributed by atoms with van der Waals surface area (Å²) in [6.45, 7) is -0.0911. The van der Waals surface area contributed by atoms with E-state index >= 15 is 0 Å². The zero-order chi connectivity index (χ0) is 19.8. The molecule has 0 saturated carbocycles. The van der Waals surface area contributed by atoms with Gasteiger partial charge >= 0.3 is 0 Å². The van der Waals surface area contributed by atoms with E-state index in [0.29, 0.717) is 11.3 Å². The molecule has 0 aliphatic heterocycles. The second-order valence-corrected chi connectivity index (χ2v) is 6.47. The molecule has 0 fully saturated rings. The number of anilines is 1. The summed E-state index contributed by atoms with van der Waals surface area (Å²) >= 11 is 1.52. The number of likely N-dealkylation sites (N-methyl/N-ethyl adjacent to an activating group) is 1. The SMILES string of the molecule is CSc1ccccc1NC(=O)CN(C)C(=O)/C=C/c1ccc([N+](=O)[O-])cc1. The molecular weight excluding hydrogens is 366 g/mol.